The fourth-order valence-electron chi connectivity index (χ4n) is 3.17. The summed E-state index contributed by atoms with van der Waals surface area (Å²) in [5, 5.41) is 9.67. The van der Waals surface area contributed by atoms with Gasteiger partial charge in [-0.15, -0.1) is 0 Å². The molecule has 0 amide bonds. The third kappa shape index (κ3) is 3.93. The summed E-state index contributed by atoms with van der Waals surface area (Å²) in [6, 6.07) is 7.64. The molecule has 1 aliphatic rings. The van der Waals surface area contributed by atoms with Gasteiger partial charge in [0.05, 0.1) is 35.1 Å². The summed E-state index contributed by atoms with van der Waals surface area (Å²) in [7, 11) is 1.52. The first kappa shape index (κ1) is 19.2. The number of nitrogens with zero attached hydrogens (tertiary/aromatic N) is 1. The summed E-state index contributed by atoms with van der Waals surface area (Å²) < 4.78 is 43.7. The van der Waals surface area contributed by atoms with Crippen molar-refractivity contribution < 1.29 is 27.8 Å². The number of aromatic nitrogens is 1. The molecule has 0 fully saturated rings. The van der Waals surface area contributed by atoms with Crippen LogP contribution in [0.4, 0.5) is 13.2 Å². The number of pyridine rings is 1. The molecule has 1 N–H and O–H groups in total. The van der Waals surface area contributed by atoms with E-state index in [-0.39, 0.29) is 22.9 Å². The topological polar surface area (TPSA) is 59.4 Å². The second-order valence-electron chi connectivity index (χ2n) is 6.19. The lowest BCUT2D eigenvalue weighted by atomic mass is 9.75. The van der Waals surface area contributed by atoms with E-state index in [9.17, 15) is 23.1 Å². The minimum absolute atomic E-state index is 0.0548. The van der Waals surface area contributed by atoms with Crippen LogP contribution in [0.3, 0.4) is 0 Å². The molecule has 4 nitrogen and oxygen atoms in total. The van der Waals surface area contributed by atoms with Gasteiger partial charge in [-0.25, -0.2) is 0 Å². The van der Waals surface area contributed by atoms with Crippen molar-refractivity contribution >= 4 is 17.4 Å². The number of carbonyl (C=O) groups is 1. The summed E-state index contributed by atoms with van der Waals surface area (Å²) in [4.78, 5) is 16.4. The molecule has 0 aliphatic heterocycles. The van der Waals surface area contributed by atoms with E-state index in [4.69, 9.17) is 16.3 Å². The number of hydrogen-bond donors (Lipinski definition) is 1. The molecule has 0 bridgehead atoms. The van der Waals surface area contributed by atoms with E-state index < -0.39 is 29.4 Å². The van der Waals surface area contributed by atoms with Crippen LogP contribution in [0.1, 0.15) is 35.1 Å². The highest BCUT2D eigenvalue weighted by molar-refractivity contribution is 6.31. The lowest BCUT2D eigenvalue weighted by Gasteiger charge is -2.29. The summed E-state index contributed by atoms with van der Waals surface area (Å²) in [5.41, 5.74) is -0.218. The van der Waals surface area contributed by atoms with Crippen LogP contribution in [-0.4, -0.2) is 23.0 Å². The maximum atomic E-state index is 12.9. The van der Waals surface area contributed by atoms with Gasteiger partial charge in [0.15, 0.2) is 5.78 Å². The molecule has 0 unspecified atom stereocenters. The van der Waals surface area contributed by atoms with Gasteiger partial charge in [-0.05, 0) is 23.8 Å². The van der Waals surface area contributed by atoms with Gasteiger partial charge in [0.2, 0.25) is 0 Å². The Labute approximate surface area is 158 Å². The zero-order valence-corrected chi connectivity index (χ0v) is 14.9. The van der Waals surface area contributed by atoms with Crippen molar-refractivity contribution in [1.29, 1.82) is 0 Å². The van der Waals surface area contributed by atoms with Crippen molar-refractivity contribution in [2.75, 3.05) is 7.11 Å². The van der Waals surface area contributed by atoms with Crippen molar-refractivity contribution in [2.24, 2.45) is 0 Å². The Morgan fingerprint density at radius 1 is 1.26 bits per heavy atom. The van der Waals surface area contributed by atoms with Crippen LogP contribution in [-0.2, 0) is 11.0 Å². The van der Waals surface area contributed by atoms with Gasteiger partial charge in [-0.2, -0.15) is 13.2 Å². The molecule has 27 heavy (non-hydrogen) atoms. The summed E-state index contributed by atoms with van der Waals surface area (Å²) >= 11 is 6.05. The Morgan fingerprint density at radius 3 is 2.48 bits per heavy atom. The summed E-state index contributed by atoms with van der Waals surface area (Å²) in [5.74, 6) is -1.36. The molecular weight excluding hydrogens is 383 g/mol. The average Bonchev–Trinajstić information content (AvgIpc) is 2.61. The minimum Gasteiger partial charge on any atom is -0.512 e. The van der Waals surface area contributed by atoms with Gasteiger partial charge < -0.3 is 9.84 Å². The number of rotatable bonds is 3. The van der Waals surface area contributed by atoms with Gasteiger partial charge in [-0.1, -0.05) is 23.7 Å². The molecular formula is C19H15ClF3NO3. The van der Waals surface area contributed by atoms with Gasteiger partial charge in [0.1, 0.15) is 5.75 Å². The van der Waals surface area contributed by atoms with Crippen LogP contribution in [0.2, 0.25) is 5.02 Å². The Morgan fingerprint density at radius 2 is 1.93 bits per heavy atom. The number of alkyl halides is 3. The lowest BCUT2D eigenvalue weighted by molar-refractivity contribution is -0.137. The normalized spacial score (nSPS) is 20.3. The first-order valence-electron chi connectivity index (χ1n) is 8.00. The molecule has 142 valence electrons. The van der Waals surface area contributed by atoms with Crippen molar-refractivity contribution in [1.82, 2.24) is 4.98 Å². The monoisotopic (exact) mass is 397 g/mol. The van der Waals surface area contributed by atoms with Crippen LogP contribution in [0.25, 0.3) is 0 Å². The number of allylic oxidation sites excluding steroid dienone is 2. The second kappa shape index (κ2) is 7.23. The molecule has 1 heterocycles. The maximum absolute atomic E-state index is 12.9. The Hall–Kier alpha value is -2.54. The highest BCUT2D eigenvalue weighted by Gasteiger charge is 2.38. The number of benzene rings is 1. The predicted molar refractivity (Wildman–Crippen MR) is 93.1 cm³/mol. The fourth-order valence-corrected chi connectivity index (χ4v) is 3.46. The zero-order valence-electron chi connectivity index (χ0n) is 14.1. The number of ether oxygens (including phenoxy) is 1. The summed E-state index contributed by atoms with van der Waals surface area (Å²) in [6.07, 6.45) is -2.71. The van der Waals surface area contributed by atoms with E-state index >= 15 is 0 Å². The number of ketones is 1. The molecule has 1 aromatic carbocycles. The molecule has 2 aromatic rings. The lowest BCUT2D eigenvalue weighted by Crippen LogP contribution is -2.25. The standard InChI is InChI=1S/C19H15ClF3NO3/c1-27-13-4-2-10(3-5-13)14-7-12(25)8-16(26)17(14)18-15(20)6-11(9-24-18)19(21,22)23/h2-6,8-9,14,17,25H,7H2,1H3/t14-,17+/m1/s1. The minimum atomic E-state index is -4.58. The molecule has 2 atom stereocenters. The number of hydrogen-bond acceptors (Lipinski definition) is 4. The van der Waals surface area contributed by atoms with E-state index in [2.05, 4.69) is 4.98 Å². The van der Waals surface area contributed by atoms with Crippen molar-refractivity contribution in [2.45, 2.75) is 24.4 Å². The zero-order chi connectivity index (χ0) is 19.8. The SMILES string of the molecule is COc1ccc([C@H]2CC(O)=CC(=O)[C@H]2c2ncc(C(F)(F)F)cc2Cl)cc1. The van der Waals surface area contributed by atoms with Crippen LogP contribution in [0.5, 0.6) is 5.75 Å². The number of halogens is 4. The number of aliphatic hydroxyl groups is 1. The largest absolute Gasteiger partial charge is 0.512 e. The fraction of sp³-hybridized carbons (Fsp3) is 0.263. The average molecular weight is 398 g/mol. The number of methoxy groups -OCH3 is 1. The van der Waals surface area contributed by atoms with Gasteiger partial charge in [0, 0.05) is 24.6 Å². The molecule has 0 spiro atoms. The first-order chi connectivity index (χ1) is 12.7. The Balaban J connectivity index is 2.05. The van der Waals surface area contributed by atoms with Crippen LogP contribution in [0.15, 0.2) is 48.4 Å². The van der Waals surface area contributed by atoms with Gasteiger partial charge in [-0.3, -0.25) is 9.78 Å². The molecule has 0 saturated carbocycles. The number of carbonyl (C=O) groups excluding carboxylic acids is 1. The molecule has 1 aliphatic carbocycles. The quantitative estimate of drug-likeness (QED) is 0.787. The third-order valence-electron chi connectivity index (χ3n) is 4.48. The van der Waals surface area contributed by atoms with Gasteiger partial charge in [0.25, 0.3) is 0 Å². The smallest absolute Gasteiger partial charge is 0.417 e. The van der Waals surface area contributed by atoms with Crippen LogP contribution in [0, 0.1) is 0 Å². The number of aliphatic hydroxyl groups excluding tert-OH is 1. The van der Waals surface area contributed by atoms with Gasteiger partial charge >= 0.3 is 6.18 Å². The van der Waals surface area contributed by atoms with E-state index in [0.29, 0.717) is 17.5 Å². The van der Waals surface area contributed by atoms with Crippen LogP contribution >= 0.6 is 11.6 Å². The van der Waals surface area contributed by atoms with E-state index in [1.165, 1.54) is 7.11 Å². The maximum Gasteiger partial charge on any atom is 0.417 e. The first-order valence-corrected chi connectivity index (χ1v) is 8.38. The molecule has 8 heteroatoms. The highest BCUT2D eigenvalue weighted by Crippen LogP contribution is 2.44. The molecule has 0 saturated heterocycles. The molecule has 0 radical (unpaired) electrons. The molecule has 3 rings (SSSR count). The summed E-state index contributed by atoms with van der Waals surface area (Å²) in [6.45, 7) is 0. The predicted octanol–water partition coefficient (Wildman–Crippen LogP) is 5.04. The Bertz CT molecular complexity index is 894. The Kier molecular flexibility index (Phi) is 5.15. The van der Waals surface area contributed by atoms with E-state index in [1.54, 1.807) is 24.3 Å². The van der Waals surface area contributed by atoms with E-state index in [0.717, 1.165) is 12.1 Å². The van der Waals surface area contributed by atoms with Crippen molar-refractivity contribution in [3.63, 3.8) is 0 Å². The van der Waals surface area contributed by atoms with E-state index in [1.807, 2.05) is 0 Å². The highest BCUT2D eigenvalue weighted by atomic mass is 35.5. The van der Waals surface area contributed by atoms with Crippen molar-refractivity contribution in [3.05, 3.63) is 70.2 Å². The van der Waals surface area contributed by atoms with Crippen LogP contribution < -0.4 is 4.74 Å². The van der Waals surface area contributed by atoms with Crippen molar-refractivity contribution in [3.8, 4) is 5.75 Å². The third-order valence-corrected chi connectivity index (χ3v) is 4.79. The molecule has 1 aromatic heterocycles. The second-order valence-corrected chi connectivity index (χ2v) is 6.60.